The Bertz CT molecular complexity index is 342. The van der Waals surface area contributed by atoms with Gasteiger partial charge >= 0.3 is 5.97 Å². The van der Waals surface area contributed by atoms with Gasteiger partial charge in [-0.2, -0.15) is 0 Å². The SMILES string of the molecule is CCOC(=O)c1cc(O)c(N)c(I)c1. The fraction of sp³-hybridized carbons (Fsp3) is 0.222. The first-order valence-electron chi connectivity index (χ1n) is 4.01. The maximum Gasteiger partial charge on any atom is 0.338 e. The topological polar surface area (TPSA) is 72.5 Å². The molecule has 0 aliphatic rings. The van der Waals surface area contributed by atoms with Gasteiger partial charge < -0.3 is 15.6 Å². The van der Waals surface area contributed by atoms with Gasteiger partial charge in [0.15, 0.2) is 0 Å². The summed E-state index contributed by atoms with van der Waals surface area (Å²) in [4.78, 5) is 11.3. The molecule has 0 fully saturated rings. The standard InChI is InChI=1S/C9H10INO3/c1-2-14-9(13)5-3-6(10)8(11)7(12)4-5/h3-4,12H,2,11H2,1H3. The molecule has 0 aliphatic carbocycles. The van der Waals surface area contributed by atoms with Gasteiger partial charge in [0, 0.05) is 3.57 Å². The Hall–Kier alpha value is -0.980. The van der Waals surface area contributed by atoms with Gasteiger partial charge in [-0.15, -0.1) is 0 Å². The Morgan fingerprint density at radius 2 is 2.29 bits per heavy atom. The number of hydrogen-bond donors (Lipinski definition) is 2. The van der Waals surface area contributed by atoms with E-state index in [-0.39, 0.29) is 11.4 Å². The third-order valence-electron chi connectivity index (χ3n) is 1.62. The lowest BCUT2D eigenvalue weighted by molar-refractivity contribution is 0.0526. The molecule has 0 saturated heterocycles. The van der Waals surface area contributed by atoms with Crippen LogP contribution >= 0.6 is 22.6 Å². The molecule has 5 heteroatoms. The normalized spacial score (nSPS) is 9.86. The van der Waals surface area contributed by atoms with Crippen LogP contribution in [0.1, 0.15) is 17.3 Å². The minimum Gasteiger partial charge on any atom is -0.506 e. The van der Waals surface area contributed by atoms with Crippen molar-refractivity contribution < 1.29 is 14.6 Å². The predicted octanol–water partition coefficient (Wildman–Crippen LogP) is 1.76. The molecule has 1 rings (SSSR count). The van der Waals surface area contributed by atoms with Gasteiger partial charge in [-0.05, 0) is 41.6 Å². The summed E-state index contributed by atoms with van der Waals surface area (Å²) in [6.45, 7) is 2.03. The number of anilines is 1. The minimum atomic E-state index is -0.458. The number of hydrogen-bond acceptors (Lipinski definition) is 4. The van der Waals surface area contributed by atoms with E-state index in [4.69, 9.17) is 10.5 Å². The second-order valence-corrected chi connectivity index (χ2v) is 3.77. The Balaban J connectivity index is 3.06. The van der Waals surface area contributed by atoms with Crippen molar-refractivity contribution in [2.24, 2.45) is 0 Å². The first-order chi connectivity index (χ1) is 6.56. The third-order valence-corrected chi connectivity index (χ3v) is 2.51. The monoisotopic (exact) mass is 307 g/mol. The van der Waals surface area contributed by atoms with Crippen molar-refractivity contribution in [2.45, 2.75) is 6.92 Å². The van der Waals surface area contributed by atoms with Crippen LogP contribution in [0.25, 0.3) is 0 Å². The number of carbonyl (C=O) groups excluding carboxylic acids is 1. The summed E-state index contributed by atoms with van der Waals surface area (Å²) < 4.78 is 5.41. The van der Waals surface area contributed by atoms with Crippen molar-refractivity contribution >= 4 is 34.2 Å². The summed E-state index contributed by atoms with van der Waals surface area (Å²) >= 11 is 1.94. The molecule has 0 spiro atoms. The maximum atomic E-state index is 11.3. The van der Waals surface area contributed by atoms with E-state index < -0.39 is 5.97 Å². The fourth-order valence-electron chi connectivity index (χ4n) is 0.936. The molecule has 0 amide bonds. The average molecular weight is 307 g/mol. The van der Waals surface area contributed by atoms with Crippen LogP contribution < -0.4 is 5.73 Å². The van der Waals surface area contributed by atoms with Crippen molar-refractivity contribution in [2.75, 3.05) is 12.3 Å². The van der Waals surface area contributed by atoms with E-state index in [1.54, 1.807) is 13.0 Å². The van der Waals surface area contributed by atoms with Crippen LogP contribution in [-0.2, 0) is 4.74 Å². The van der Waals surface area contributed by atoms with Gasteiger partial charge in [0.25, 0.3) is 0 Å². The van der Waals surface area contributed by atoms with Crippen molar-refractivity contribution in [3.05, 3.63) is 21.3 Å². The number of phenols is 1. The zero-order chi connectivity index (χ0) is 10.7. The van der Waals surface area contributed by atoms with E-state index in [1.165, 1.54) is 6.07 Å². The van der Waals surface area contributed by atoms with Gasteiger partial charge in [-0.1, -0.05) is 0 Å². The van der Waals surface area contributed by atoms with E-state index >= 15 is 0 Å². The second kappa shape index (κ2) is 4.50. The summed E-state index contributed by atoms with van der Waals surface area (Å²) in [5.41, 5.74) is 6.10. The molecule has 3 N–H and O–H groups in total. The summed E-state index contributed by atoms with van der Waals surface area (Å²) in [6.07, 6.45) is 0. The molecule has 0 atom stereocenters. The quantitative estimate of drug-likeness (QED) is 0.378. The van der Waals surface area contributed by atoms with E-state index in [9.17, 15) is 9.90 Å². The lowest BCUT2D eigenvalue weighted by Gasteiger charge is -2.05. The molecule has 1 aromatic carbocycles. The second-order valence-electron chi connectivity index (χ2n) is 2.61. The van der Waals surface area contributed by atoms with Crippen LogP contribution in [0.3, 0.4) is 0 Å². The smallest absolute Gasteiger partial charge is 0.338 e. The van der Waals surface area contributed by atoms with Gasteiger partial charge in [0.05, 0.1) is 17.9 Å². The largest absolute Gasteiger partial charge is 0.506 e. The highest BCUT2D eigenvalue weighted by Gasteiger charge is 2.11. The zero-order valence-electron chi connectivity index (χ0n) is 7.58. The highest BCUT2D eigenvalue weighted by Crippen LogP contribution is 2.27. The van der Waals surface area contributed by atoms with Crippen LogP contribution in [0, 0.1) is 3.57 Å². The van der Waals surface area contributed by atoms with E-state index in [0.29, 0.717) is 15.7 Å². The number of halogens is 1. The Morgan fingerprint density at radius 3 is 2.79 bits per heavy atom. The summed E-state index contributed by atoms with van der Waals surface area (Å²) in [5.74, 6) is -0.555. The van der Waals surface area contributed by atoms with E-state index in [0.717, 1.165) is 0 Å². The van der Waals surface area contributed by atoms with Crippen molar-refractivity contribution in [1.82, 2.24) is 0 Å². The highest BCUT2D eigenvalue weighted by atomic mass is 127. The molecule has 0 aromatic heterocycles. The Labute approximate surface area is 95.2 Å². The number of benzene rings is 1. The molecule has 14 heavy (non-hydrogen) atoms. The minimum absolute atomic E-state index is 0.0973. The van der Waals surface area contributed by atoms with Crippen LogP contribution in [0.4, 0.5) is 5.69 Å². The molecule has 0 aliphatic heterocycles. The van der Waals surface area contributed by atoms with E-state index in [1.807, 2.05) is 22.6 Å². The number of nitrogen functional groups attached to an aromatic ring is 1. The maximum absolute atomic E-state index is 11.3. The Morgan fingerprint density at radius 1 is 1.64 bits per heavy atom. The van der Waals surface area contributed by atoms with E-state index in [2.05, 4.69) is 0 Å². The predicted molar refractivity (Wildman–Crippen MR) is 61.2 cm³/mol. The number of carbonyl (C=O) groups is 1. The molecule has 0 bridgehead atoms. The first kappa shape index (κ1) is 11.1. The average Bonchev–Trinajstić information content (AvgIpc) is 2.13. The molecule has 0 unspecified atom stereocenters. The number of aromatic hydroxyl groups is 1. The first-order valence-corrected chi connectivity index (χ1v) is 5.09. The number of nitrogens with two attached hydrogens (primary N) is 1. The zero-order valence-corrected chi connectivity index (χ0v) is 9.74. The molecule has 0 radical (unpaired) electrons. The van der Waals surface area contributed by atoms with Crippen LogP contribution in [0.5, 0.6) is 5.75 Å². The molecular weight excluding hydrogens is 297 g/mol. The summed E-state index contributed by atoms with van der Waals surface area (Å²) in [5, 5.41) is 9.36. The van der Waals surface area contributed by atoms with Gasteiger partial charge in [0.2, 0.25) is 0 Å². The van der Waals surface area contributed by atoms with Crippen molar-refractivity contribution in [1.29, 1.82) is 0 Å². The van der Waals surface area contributed by atoms with Crippen LogP contribution in [0.15, 0.2) is 12.1 Å². The van der Waals surface area contributed by atoms with Gasteiger partial charge in [-0.3, -0.25) is 0 Å². The summed E-state index contributed by atoms with van der Waals surface area (Å²) in [6, 6.07) is 2.88. The molecular formula is C9H10INO3. The molecule has 4 nitrogen and oxygen atoms in total. The number of rotatable bonds is 2. The van der Waals surface area contributed by atoms with Gasteiger partial charge in [-0.25, -0.2) is 4.79 Å². The molecule has 1 aromatic rings. The van der Waals surface area contributed by atoms with Crippen LogP contribution in [-0.4, -0.2) is 17.7 Å². The lowest BCUT2D eigenvalue weighted by atomic mass is 10.2. The van der Waals surface area contributed by atoms with Gasteiger partial charge in [0.1, 0.15) is 5.75 Å². The van der Waals surface area contributed by atoms with Crippen molar-refractivity contribution in [3.8, 4) is 5.75 Å². The number of phenolic OH excluding ortho intramolecular Hbond substituents is 1. The molecule has 76 valence electrons. The number of ether oxygens (including phenoxy) is 1. The number of esters is 1. The van der Waals surface area contributed by atoms with Crippen molar-refractivity contribution in [3.63, 3.8) is 0 Å². The molecule has 0 heterocycles. The van der Waals surface area contributed by atoms with Crippen LogP contribution in [0.2, 0.25) is 0 Å². The lowest BCUT2D eigenvalue weighted by Crippen LogP contribution is -2.05. The highest BCUT2D eigenvalue weighted by molar-refractivity contribution is 14.1. The molecule has 0 saturated carbocycles. The third kappa shape index (κ3) is 2.28. The fourth-order valence-corrected chi connectivity index (χ4v) is 1.55. The Kier molecular flexibility index (Phi) is 3.56. The summed E-state index contributed by atoms with van der Waals surface area (Å²) in [7, 11) is 0.